The summed E-state index contributed by atoms with van der Waals surface area (Å²) in [7, 11) is 0. The average Bonchev–Trinajstić information content (AvgIpc) is 3.31. The van der Waals surface area contributed by atoms with Crippen LogP contribution in [0.15, 0.2) is 73.1 Å². The zero-order chi connectivity index (χ0) is 22.6. The van der Waals surface area contributed by atoms with Gasteiger partial charge in [-0.25, -0.2) is 9.50 Å². The molecule has 8 nitrogen and oxygen atoms in total. The summed E-state index contributed by atoms with van der Waals surface area (Å²) in [4.78, 5) is 16.9. The monoisotopic (exact) mass is 441 g/mol. The maximum absolute atomic E-state index is 12.5. The number of nitrogens with one attached hydrogen (secondary N) is 3. The lowest BCUT2D eigenvalue weighted by atomic mass is 9.92. The summed E-state index contributed by atoms with van der Waals surface area (Å²) in [6.45, 7) is 0. The summed E-state index contributed by atoms with van der Waals surface area (Å²) in [5.74, 6) is 0.647. The SMILES string of the molecule is NC1CCC(Nc2cc(Nc3ccc(C(=O)Nc4ccccc4)cc3)c3nccn3n2)CC1. The molecule has 1 saturated carbocycles. The number of para-hydroxylation sites is 1. The second-order valence-corrected chi connectivity index (χ2v) is 8.42. The molecule has 5 N–H and O–H groups in total. The Morgan fingerprint density at radius 2 is 1.73 bits per heavy atom. The minimum absolute atomic E-state index is 0.147. The van der Waals surface area contributed by atoms with Crippen molar-refractivity contribution in [3.8, 4) is 0 Å². The molecule has 1 aliphatic rings. The van der Waals surface area contributed by atoms with E-state index in [1.165, 1.54) is 0 Å². The number of anilines is 4. The fourth-order valence-corrected chi connectivity index (χ4v) is 4.14. The third-order valence-corrected chi connectivity index (χ3v) is 5.94. The summed E-state index contributed by atoms with van der Waals surface area (Å²) >= 11 is 0. The van der Waals surface area contributed by atoms with Crippen molar-refractivity contribution in [1.29, 1.82) is 0 Å². The standard InChI is InChI=1S/C25H27N7O/c26-18-8-12-21(13-9-18)29-23-16-22(24-27-14-15-32(24)31-23)28-20-10-6-17(7-11-20)25(33)30-19-4-2-1-3-5-19/h1-7,10-11,14-16,18,21,28H,8-9,12-13,26H2,(H,29,31)(H,30,33). The molecule has 2 heterocycles. The van der Waals surface area contributed by atoms with Crippen LogP contribution in [0.2, 0.25) is 0 Å². The Morgan fingerprint density at radius 1 is 0.970 bits per heavy atom. The average molecular weight is 442 g/mol. The van der Waals surface area contributed by atoms with Crippen molar-refractivity contribution in [3.63, 3.8) is 0 Å². The molecule has 0 bridgehead atoms. The van der Waals surface area contributed by atoms with E-state index in [4.69, 9.17) is 5.73 Å². The summed E-state index contributed by atoms with van der Waals surface area (Å²) in [5, 5.41) is 14.5. The first kappa shape index (κ1) is 21.0. The van der Waals surface area contributed by atoms with E-state index >= 15 is 0 Å². The number of rotatable bonds is 6. The number of carbonyl (C=O) groups is 1. The van der Waals surface area contributed by atoms with Gasteiger partial charge in [-0.15, -0.1) is 5.10 Å². The number of nitrogens with two attached hydrogens (primary N) is 1. The van der Waals surface area contributed by atoms with E-state index in [-0.39, 0.29) is 5.91 Å². The quantitative estimate of drug-likeness (QED) is 0.353. The van der Waals surface area contributed by atoms with Crippen molar-refractivity contribution in [2.75, 3.05) is 16.0 Å². The molecule has 4 aromatic rings. The maximum Gasteiger partial charge on any atom is 0.255 e. The number of amides is 1. The molecule has 0 atom stereocenters. The molecule has 0 saturated heterocycles. The lowest BCUT2D eigenvalue weighted by Crippen LogP contribution is -2.33. The van der Waals surface area contributed by atoms with Crippen LogP contribution in [0.5, 0.6) is 0 Å². The Labute approximate surface area is 192 Å². The highest BCUT2D eigenvalue weighted by molar-refractivity contribution is 6.04. The van der Waals surface area contributed by atoms with E-state index in [0.29, 0.717) is 17.6 Å². The topological polar surface area (TPSA) is 109 Å². The predicted molar refractivity (Wildman–Crippen MR) is 131 cm³/mol. The molecule has 0 spiro atoms. The van der Waals surface area contributed by atoms with Crippen molar-refractivity contribution in [2.45, 2.75) is 37.8 Å². The van der Waals surface area contributed by atoms with Crippen molar-refractivity contribution in [1.82, 2.24) is 14.6 Å². The molecule has 0 radical (unpaired) electrons. The summed E-state index contributed by atoms with van der Waals surface area (Å²) in [6.07, 6.45) is 7.70. The molecule has 33 heavy (non-hydrogen) atoms. The summed E-state index contributed by atoms with van der Waals surface area (Å²) in [6, 6.07) is 19.4. The second kappa shape index (κ2) is 9.30. The fraction of sp³-hybridized carbons (Fsp3) is 0.240. The van der Waals surface area contributed by atoms with Crippen molar-refractivity contribution < 1.29 is 4.79 Å². The van der Waals surface area contributed by atoms with Crippen LogP contribution in [-0.4, -0.2) is 32.6 Å². The summed E-state index contributed by atoms with van der Waals surface area (Å²) in [5.41, 5.74) is 9.82. The lowest BCUT2D eigenvalue weighted by molar-refractivity contribution is 0.102. The van der Waals surface area contributed by atoms with Crippen LogP contribution in [0.4, 0.5) is 22.9 Å². The molecule has 0 unspecified atom stereocenters. The van der Waals surface area contributed by atoms with Crippen LogP contribution in [0, 0.1) is 0 Å². The minimum atomic E-state index is -0.147. The van der Waals surface area contributed by atoms with Crippen molar-refractivity contribution in [3.05, 3.63) is 78.6 Å². The van der Waals surface area contributed by atoms with Gasteiger partial charge in [0, 0.05) is 47.5 Å². The van der Waals surface area contributed by atoms with Gasteiger partial charge in [0.1, 0.15) is 5.82 Å². The number of carbonyl (C=O) groups excluding carboxylic acids is 1. The van der Waals surface area contributed by atoms with Gasteiger partial charge >= 0.3 is 0 Å². The van der Waals surface area contributed by atoms with Gasteiger partial charge < -0.3 is 21.7 Å². The lowest BCUT2D eigenvalue weighted by Gasteiger charge is -2.27. The van der Waals surface area contributed by atoms with E-state index < -0.39 is 0 Å². The largest absolute Gasteiger partial charge is 0.366 e. The van der Waals surface area contributed by atoms with Gasteiger partial charge in [0.15, 0.2) is 5.65 Å². The van der Waals surface area contributed by atoms with E-state index in [1.54, 1.807) is 22.8 Å². The van der Waals surface area contributed by atoms with E-state index in [0.717, 1.165) is 54.2 Å². The molecule has 1 fully saturated rings. The molecular formula is C25H27N7O. The number of hydrogen-bond acceptors (Lipinski definition) is 6. The Bertz CT molecular complexity index is 1230. The first-order chi connectivity index (χ1) is 16.1. The van der Waals surface area contributed by atoms with Gasteiger partial charge in [0.05, 0.1) is 5.69 Å². The van der Waals surface area contributed by atoms with Crippen molar-refractivity contribution in [2.24, 2.45) is 5.73 Å². The van der Waals surface area contributed by atoms with Gasteiger partial charge in [-0.05, 0) is 62.1 Å². The zero-order valence-electron chi connectivity index (χ0n) is 18.2. The zero-order valence-corrected chi connectivity index (χ0v) is 18.2. The number of fused-ring (bicyclic) bond motifs is 1. The maximum atomic E-state index is 12.5. The molecule has 8 heteroatoms. The van der Waals surface area contributed by atoms with Crippen LogP contribution < -0.4 is 21.7 Å². The first-order valence-electron chi connectivity index (χ1n) is 11.2. The number of imidazole rings is 1. The number of nitrogens with zero attached hydrogens (tertiary/aromatic N) is 3. The molecule has 2 aromatic carbocycles. The van der Waals surface area contributed by atoms with Gasteiger partial charge in [-0.1, -0.05) is 18.2 Å². The molecule has 5 rings (SSSR count). The third-order valence-electron chi connectivity index (χ3n) is 5.94. The second-order valence-electron chi connectivity index (χ2n) is 8.42. The molecular weight excluding hydrogens is 414 g/mol. The normalized spacial score (nSPS) is 18.1. The fourth-order valence-electron chi connectivity index (χ4n) is 4.14. The molecule has 1 aliphatic carbocycles. The minimum Gasteiger partial charge on any atom is -0.366 e. The van der Waals surface area contributed by atoms with Crippen molar-refractivity contribution >= 4 is 34.4 Å². The number of benzene rings is 2. The highest BCUT2D eigenvalue weighted by atomic mass is 16.1. The van der Waals surface area contributed by atoms with Crippen LogP contribution in [0.25, 0.3) is 5.65 Å². The van der Waals surface area contributed by atoms with Crippen LogP contribution in [0.1, 0.15) is 36.0 Å². The van der Waals surface area contributed by atoms with E-state index in [1.807, 2.05) is 54.7 Å². The summed E-state index contributed by atoms with van der Waals surface area (Å²) < 4.78 is 1.76. The molecule has 0 aliphatic heterocycles. The highest BCUT2D eigenvalue weighted by Gasteiger charge is 2.19. The molecule has 2 aromatic heterocycles. The van der Waals surface area contributed by atoms with Crippen LogP contribution >= 0.6 is 0 Å². The first-order valence-corrected chi connectivity index (χ1v) is 11.2. The van der Waals surface area contributed by atoms with Gasteiger partial charge in [-0.3, -0.25) is 4.79 Å². The Kier molecular flexibility index (Phi) is 5.91. The van der Waals surface area contributed by atoms with Crippen LogP contribution in [0.3, 0.4) is 0 Å². The Balaban J connectivity index is 1.31. The van der Waals surface area contributed by atoms with Gasteiger partial charge in [0.25, 0.3) is 5.91 Å². The highest BCUT2D eigenvalue weighted by Crippen LogP contribution is 2.26. The Hall–Kier alpha value is -3.91. The van der Waals surface area contributed by atoms with E-state index in [2.05, 4.69) is 26.0 Å². The van der Waals surface area contributed by atoms with Gasteiger partial charge in [0.2, 0.25) is 0 Å². The molecule has 1 amide bonds. The number of hydrogen-bond donors (Lipinski definition) is 4. The number of aromatic nitrogens is 3. The Morgan fingerprint density at radius 3 is 2.48 bits per heavy atom. The van der Waals surface area contributed by atoms with E-state index in [9.17, 15) is 4.79 Å². The molecule has 168 valence electrons. The van der Waals surface area contributed by atoms with Crippen LogP contribution in [-0.2, 0) is 0 Å². The predicted octanol–water partition coefficient (Wildman–Crippen LogP) is 4.41. The third kappa shape index (κ3) is 4.96. The smallest absolute Gasteiger partial charge is 0.255 e. The van der Waals surface area contributed by atoms with Gasteiger partial charge in [-0.2, -0.15) is 0 Å².